The molecule has 1 aromatic carbocycles. The molecule has 7 nitrogen and oxygen atoms in total. The zero-order valence-corrected chi connectivity index (χ0v) is 22.2. The lowest BCUT2D eigenvalue weighted by Gasteiger charge is -2.34. The van der Waals surface area contributed by atoms with E-state index in [2.05, 4.69) is 35.8 Å². The third-order valence-corrected chi connectivity index (χ3v) is 8.39. The molecule has 2 aliphatic heterocycles. The number of hydrogen-bond acceptors (Lipinski definition) is 4. The maximum Gasteiger partial charge on any atom is 0.342 e. The van der Waals surface area contributed by atoms with Crippen molar-refractivity contribution in [3.05, 3.63) is 58.3 Å². The van der Waals surface area contributed by atoms with Crippen LogP contribution in [0.4, 0.5) is 18.0 Å². The Hall–Kier alpha value is -3.27. The smallest absolute Gasteiger partial charge is 0.342 e. The number of nitrogens with zero attached hydrogens (tertiary/aromatic N) is 4. The molecule has 2 aromatic heterocycles. The third kappa shape index (κ3) is 4.48. The lowest BCUT2D eigenvalue weighted by atomic mass is 9.75. The van der Waals surface area contributed by atoms with E-state index in [1.165, 1.54) is 4.68 Å². The van der Waals surface area contributed by atoms with E-state index in [1.54, 1.807) is 0 Å². The molecular formula is C28H34F3N5O2. The number of aromatic nitrogens is 3. The summed E-state index contributed by atoms with van der Waals surface area (Å²) in [5, 5.41) is 18.0. The Morgan fingerprint density at radius 1 is 1.11 bits per heavy atom. The van der Waals surface area contributed by atoms with Gasteiger partial charge in [-0.1, -0.05) is 27.2 Å². The van der Waals surface area contributed by atoms with E-state index in [4.69, 9.17) is 0 Å². The van der Waals surface area contributed by atoms with E-state index >= 15 is 0 Å². The number of likely N-dealkylation sites (N-methyl/N-ethyl adjacent to an activating group) is 1. The number of nitrogens with one attached hydrogen (secondary N) is 1. The zero-order valence-electron chi connectivity index (χ0n) is 22.2. The Bertz CT molecular complexity index is 1390. The van der Waals surface area contributed by atoms with Crippen LogP contribution in [-0.4, -0.2) is 50.5 Å². The van der Waals surface area contributed by atoms with Gasteiger partial charge in [-0.3, -0.25) is 0 Å². The Morgan fingerprint density at radius 3 is 2.58 bits per heavy atom. The lowest BCUT2D eigenvalue weighted by molar-refractivity contribution is 0.225. The first-order chi connectivity index (χ1) is 18.0. The van der Waals surface area contributed by atoms with Gasteiger partial charge in [0, 0.05) is 67.5 Å². The highest BCUT2D eigenvalue weighted by molar-refractivity contribution is 5.79. The quantitative estimate of drug-likeness (QED) is 0.431. The van der Waals surface area contributed by atoms with Crippen molar-refractivity contribution in [2.24, 2.45) is 5.41 Å². The molecule has 1 amide bonds. The average molecular weight is 530 g/mol. The van der Waals surface area contributed by atoms with Crippen molar-refractivity contribution in [1.82, 2.24) is 24.6 Å². The van der Waals surface area contributed by atoms with Crippen LogP contribution >= 0.6 is 0 Å². The fourth-order valence-corrected chi connectivity index (χ4v) is 5.75. The van der Waals surface area contributed by atoms with Crippen molar-refractivity contribution in [2.75, 3.05) is 20.1 Å². The van der Waals surface area contributed by atoms with Gasteiger partial charge in [-0.2, -0.15) is 9.78 Å². The molecule has 0 spiro atoms. The van der Waals surface area contributed by atoms with Gasteiger partial charge in [0.1, 0.15) is 17.3 Å². The van der Waals surface area contributed by atoms with Crippen LogP contribution in [0.3, 0.4) is 0 Å². The number of aromatic hydroxyl groups is 1. The van der Waals surface area contributed by atoms with Gasteiger partial charge >= 0.3 is 6.03 Å². The van der Waals surface area contributed by atoms with Crippen LogP contribution in [0.15, 0.2) is 18.2 Å². The number of carbonyl (C=O) groups excluding carboxylic acids is 1. The van der Waals surface area contributed by atoms with Crippen molar-refractivity contribution in [2.45, 2.75) is 65.5 Å². The number of fused-ring (bicyclic) bond motifs is 2. The Labute approximate surface area is 220 Å². The summed E-state index contributed by atoms with van der Waals surface area (Å²) < 4.78 is 45.8. The second-order valence-corrected chi connectivity index (χ2v) is 11.2. The van der Waals surface area contributed by atoms with Gasteiger partial charge in [0.15, 0.2) is 11.6 Å². The van der Waals surface area contributed by atoms with Gasteiger partial charge in [0.05, 0.1) is 11.4 Å². The Morgan fingerprint density at radius 2 is 1.84 bits per heavy atom. The van der Waals surface area contributed by atoms with Gasteiger partial charge in [-0.25, -0.2) is 18.0 Å². The largest absolute Gasteiger partial charge is 0.506 e. The molecular weight excluding hydrogens is 495 g/mol. The van der Waals surface area contributed by atoms with E-state index < -0.39 is 23.5 Å². The molecule has 0 fully saturated rings. The second-order valence-electron chi connectivity index (χ2n) is 11.2. The number of rotatable bonds is 6. The predicted octanol–water partition coefficient (Wildman–Crippen LogP) is 5.19. The minimum absolute atomic E-state index is 0.0742. The number of benzene rings is 1. The first-order valence-electron chi connectivity index (χ1n) is 13.2. The summed E-state index contributed by atoms with van der Waals surface area (Å²) in [7, 11) is 1.90. The van der Waals surface area contributed by atoms with E-state index in [0.29, 0.717) is 49.1 Å². The highest BCUT2D eigenvalue weighted by Gasteiger charge is 2.35. The summed E-state index contributed by atoms with van der Waals surface area (Å²) in [6, 6.07) is 2.65. The van der Waals surface area contributed by atoms with Gasteiger partial charge in [-0.15, -0.1) is 0 Å². The predicted molar refractivity (Wildman–Crippen MR) is 138 cm³/mol. The van der Waals surface area contributed by atoms with Crippen LogP contribution in [-0.2, 0) is 25.9 Å². The van der Waals surface area contributed by atoms with Crippen molar-refractivity contribution in [3.8, 4) is 17.0 Å². The van der Waals surface area contributed by atoms with Crippen molar-refractivity contribution in [3.63, 3.8) is 0 Å². The molecule has 204 valence electrons. The number of amides is 1. The first-order valence-corrected chi connectivity index (χ1v) is 13.2. The lowest BCUT2D eigenvalue weighted by Crippen LogP contribution is -2.39. The van der Waals surface area contributed by atoms with Gasteiger partial charge in [0.25, 0.3) is 0 Å². The summed E-state index contributed by atoms with van der Waals surface area (Å²) >= 11 is 0. The van der Waals surface area contributed by atoms with Crippen molar-refractivity contribution >= 4 is 6.03 Å². The summed E-state index contributed by atoms with van der Waals surface area (Å²) in [5.74, 6) is -3.16. The molecule has 0 aliphatic carbocycles. The molecule has 0 saturated heterocycles. The minimum Gasteiger partial charge on any atom is -0.506 e. The molecule has 5 rings (SSSR count). The monoisotopic (exact) mass is 529 g/mol. The van der Waals surface area contributed by atoms with Crippen LogP contribution in [0, 0.1) is 22.9 Å². The van der Waals surface area contributed by atoms with Gasteiger partial charge in [0.2, 0.25) is 0 Å². The SMILES string of the molecule is CCC(C)(C)C(CNC(=O)n1nc(-c2cc(F)c(F)cc2F)c2c1CCN(C)C2)c1cc(O)c2n1CCC2. The molecule has 1 atom stereocenters. The molecule has 2 aliphatic rings. The fourth-order valence-electron chi connectivity index (χ4n) is 5.75. The summed E-state index contributed by atoms with van der Waals surface area (Å²) in [5.41, 5.74) is 2.97. The zero-order chi connectivity index (χ0) is 27.4. The van der Waals surface area contributed by atoms with Crippen molar-refractivity contribution < 1.29 is 23.1 Å². The average Bonchev–Trinajstić information content (AvgIpc) is 3.57. The molecule has 0 saturated carbocycles. The maximum absolute atomic E-state index is 14.7. The van der Waals surface area contributed by atoms with Crippen LogP contribution in [0.2, 0.25) is 0 Å². The van der Waals surface area contributed by atoms with Crippen LogP contribution < -0.4 is 5.32 Å². The molecule has 3 aromatic rings. The molecule has 1 unspecified atom stereocenters. The van der Waals surface area contributed by atoms with Crippen molar-refractivity contribution in [1.29, 1.82) is 0 Å². The van der Waals surface area contributed by atoms with Crippen LogP contribution in [0.1, 0.15) is 62.2 Å². The minimum atomic E-state index is -1.28. The van der Waals surface area contributed by atoms with Crippen LogP contribution in [0.25, 0.3) is 11.3 Å². The topological polar surface area (TPSA) is 75.3 Å². The molecule has 0 radical (unpaired) electrons. The highest BCUT2D eigenvalue weighted by atomic mass is 19.2. The Balaban J connectivity index is 1.48. The van der Waals surface area contributed by atoms with E-state index in [0.717, 1.165) is 43.3 Å². The number of halogens is 3. The van der Waals surface area contributed by atoms with Gasteiger partial charge < -0.3 is 19.9 Å². The number of carbonyl (C=O) groups is 1. The molecule has 0 bridgehead atoms. The highest BCUT2D eigenvalue weighted by Crippen LogP contribution is 2.42. The van der Waals surface area contributed by atoms with E-state index in [-0.39, 0.29) is 22.6 Å². The van der Waals surface area contributed by atoms with Gasteiger partial charge in [-0.05, 0) is 31.4 Å². The molecule has 4 heterocycles. The number of hydrogen-bond donors (Lipinski definition) is 2. The fraction of sp³-hybridized carbons (Fsp3) is 0.500. The standard InChI is InChI=1S/C28H34F3N5O2/c1-5-28(2,3)18(24-13-25(37)23-7-6-9-35(23)24)14-32-27(38)36-22-8-10-34(4)15-17(22)26(33-36)16-11-20(30)21(31)12-19(16)29/h11-13,18,37H,5-10,14-15H2,1-4H3,(H,32,38). The third-order valence-electron chi connectivity index (χ3n) is 8.39. The Kier molecular flexibility index (Phi) is 6.79. The maximum atomic E-state index is 14.7. The second kappa shape index (κ2) is 9.80. The van der Waals surface area contributed by atoms with Crippen LogP contribution in [0.5, 0.6) is 5.75 Å². The van der Waals surface area contributed by atoms with E-state index in [1.807, 2.05) is 18.0 Å². The first kappa shape index (κ1) is 26.3. The summed E-state index contributed by atoms with van der Waals surface area (Å²) in [6.45, 7) is 8.61. The van der Waals surface area contributed by atoms with E-state index in [9.17, 15) is 23.1 Å². The molecule has 38 heavy (non-hydrogen) atoms. The molecule has 10 heteroatoms. The summed E-state index contributed by atoms with van der Waals surface area (Å²) in [6.07, 6.45) is 3.16. The molecule has 2 N–H and O–H groups in total. The normalized spacial score (nSPS) is 16.4. The summed E-state index contributed by atoms with van der Waals surface area (Å²) in [4.78, 5) is 15.5.